The smallest absolute Gasteiger partial charge is 0.315 e. The molecular formula is C22H40N2O4+2. The van der Waals surface area contributed by atoms with Crippen molar-refractivity contribution in [3.63, 3.8) is 0 Å². The van der Waals surface area contributed by atoms with E-state index < -0.39 is 0 Å². The number of ether oxygens (including phenoxy) is 1. The Balaban J connectivity index is 1.47. The van der Waals surface area contributed by atoms with E-state index in [0.29, 0.717) is 24.9 Å². The minimum absolute atomic E-state index is 0.00641. The third-order valence-corrected chi connectivity index (χ3v) is 7.61. The van der Waals surface area contributed by atoms with Crippen LogP contribution in [0.1, 0.15) is 45.4 Å². The second-order valence-electron chi connectivity index (χ2n) is 9.52. The number of fused-ring (bicyclic) bond motifs is 2. The fraction of sp³-hybridized carbons (Fsp3) is 0.864. The van der Waals surface area contributed by atoms with Crippen LogP contribution in [0.3, 0.4) is 0 Å². The lowest BCUT2D eigenvalue weighted by atomic mass is 9.55. The van der Waals surface area contributed by atoms with E-state index >= 15 is 0 Å². The van der Waals surface area contributed by atoms with Crippen LogP contribution >= 0.6 is 0 Å². The summed E-state index contributed by atoms with van der Waals surface area (Å²) in [6.45, 7) is 11.1. The fourth-order valence-electron chi connectivity index (χ4n) is 6.01. The van der Waals surface area contributed by atoms with Gasteiger partial charge in [0.25, 0.3) is 0 Å². The van der Waals surface area contributed by atoms with Crippen molar-refractivity contribution in [2.75, 3.05) is 45.9 Å². The van der Waals surface area contributed by atoms with Crippen LogP contribution in [0.15, 0.2) is 12.2 Å². The normalized spacial score (nSPS) is 35.0. The highest BCUT2D eigenvalue weighted by atomic mass is 16.6. The van der Waals surface area contributed by atoms with Gasteiger partial charge < -0.3 is 25.2 Å². The molecule has 0 aromatic rings. The van der Waals surface area contributed by atoms with E-state index in [2.05, 4.69) is 18.8 Å². The molecule has 1 aliphatic heterocycles. The van der Waals surface area contributed by atoms with Crippen LogP contribution in [-0.2, 0) is 9.53 Å². The molecule has 0 radical (unpaired) electrons. The molecule has 3 rings (SSSR count). The number of esters is 1. The Hall–Kier alpha value is -0.950. The summed E-state index contributed by atoms with van der Waals surface area (Å²) >= 11 is 0. The maximum Gasteiger partial charge on any atom is 0.315 e. The van der Waals surface area contributed by atoms with E-state index in [0.717, 1.165) is 45.3 Å². The van der Waals surface area contributed by atoms with Gasteiger partial charge in [0.15, 0.2) is 0 Å². The summed E-state index contributed by atoms with van der Waals surface area (Å²) in [6.07, 6.45) is 6.78. The number of nitrogens with one attached hydrogen (secondary N) is 1. The van der Waals surface area contributed by atoms with Crippen molar-refractivity contribution < 1.29 is 30.0 Å². The fourth-order valence-corrected chi connectivity index (χ4v) is 6.01. The van der Waals surface area contributed by atoms with Crippen LogP contribution in [0.25, 0.3) is 0 Å². The molecule has 5 N–H and O–H groups in total. The molecule has 6 heteroatoms. The third-order valence-electron chi connectivity index (χ3n) is 7.61. The molecule has 5 atom stereocenters. The summed E-state index contributed by atoms with van der Waals surface area (Å²) in [5, 5.41) is 20.5. The lowest BCUT2D eigenvalue weighted by Gasteiger charge is -2.49. The zero-order valence-corrected chi connectivity index (χ0v) is 17.5. The molecule has 3 fully saturated rings. The van der Waals surface area contributed by atoms with Crippen LogP contribution in [0.5, 0.6) is 0 Å². The van der Waals surface area contributed by atoms with Gasteiger partial charge >= 0.3 is 5.97 Å². The molecule has 160 valence electrons. The Bertz CT molecular complexity index is 549. The molecule has 0 unspecified atom stereocenters. The molecule has 6 nitrogen and oxygen atoms in total. The molecule has 0 bridgehead atoms. The van der Waals surface area contributed by atoms with Crippen molar-refractivity contribution in [2.45, 2.75) is 51.6 Å². The number of hydrogen-bond donors (Lipinski definition) is 4. The second kappa shape index (κ2) is 9.70. The third kappa shape index (κ3) is 4.78. The summed E-state index contributed by atoms with van der Waals surface area (Å²) < 4.78 is 5.84. The molecule has 0 amide bonds. The van der Waals surface area contributed by atoms with Crippen LogP contribution in [-0.4, -0.2) is 68.2 Å². The number of aliphatic hydroxyl groups excluding tert-OH is 2. The number of allylic oxidation sites excluding steroid dienone is 1. The Morgan fingerprint density at radius 3 is 2.75 bits per heavy atom. The van der Waals surface area contributed by atoms with Gasteiger partial charge in [-0.2, -0.15) is 0 Å². The number of carbonyl (C=O) groups excluding carboxylic acids is 1. The molecule has 0 aromatic heterocycles. The first-order chi connectivity index (χ1) is 13.5. The maximum absolute atomic E-state index is 12.6. The molecule has 0 spiro atoms. The van der Waals surface area contributed by atoms with Gasteiger partial charge in [-0.05, 0) is 43.4 Å². The molecule has 3 aliphatic rings. The summed E-state index contributed by atoms with van der Waals surface area (Å²) in [5.41, 5.74) is 1.66. The number of nitrogens with two attached hydrogens (primary N) is 1. The van der Waals surface area contributed by atoms with E-state index in [4.69, 9.17) is 14.9 Å². The van der Waals surface area contributed by atoms with Gasteiger partial charge in [-0.3, -0.25) is 4.79 Å². The summed E-state index contributed by atoms with van der Waals surface area (Å²) in [7, 11) is 0. The number of aliphatic hydroxyl groups is 2. The van der Waals surface area contributed by atoms with E-state index in [9.17, 15) is 4.79 Å². The van der Waals surface area contributed by atoms with Gasteiger partial charge in [0, 0.05) is 12.3 Å². The van der Waals surface area contributed by atoms with Gasteiger partial charge in [0.05, 0.1) is 32.8 Å². The number of rotatable bonds is 10. The zero-order chi connectivity index (χ0) is 20.1. The minimum atomic E-state index is 0.00641. The monoisotopic (exact) mass is 396 g/mol. The standard InChI is InChI=1S/C22H38N2O4/c1-16-5-3-6-22(2)14-20-17(13-19(16)22)18(21(27)28-20)15-23-7-4-8-24(9-11-25)10-12-26/h17-20,23,25-26H,1,3-15H2,2H3/p+2/t17-,18+,19+,20-,22-/m1/s1. The lowest BCUT2D eigenvalue weighted by Crippen LogP contribution is -3.13. The Labute approximate surface area is 169 Å². The van der Waals surface area contributed by atoms with Crippen LogP contribution in [0, 0.1) is 23.2 Å². The zero-order valence-electron chi connectivity index (χ0n) is 17.5. The Morgan fingerprint density at radius 1 is 1.29 bits per heavy atom. The molecule has 0 aromatic carbocycles. The van der Waals surface area contributed by atoms with E-state index in [1.54, 1.807) is 0 Å². The molecule has 1 heterocycles. The van der Waals surface area contributed by atoms with Gasteiger partial charge in [-0.1, -0.05) is 19.1 Å². The van der Waals surface area contributed by atoms with Crippen molar-refractivity contribution in [1.29, 1.82) is 0 Å². The van der Waals surface area contributed by atoms with E-state index in [-0.39, 0.29) is 36.6 Å². The molecule has 28 heavy (non-hydrogen) atoms. The number of carbonyl (C=O) groups is 1. The van der Waals surface area contributed by atoms with Crippen LogP contribution in [0.4, 0.5) is 0 Å². The van der Waals surface area contributed by atoms with Crippen molar-refractivity contribution >= 4 is 5.97 Å². The maximum atomic E-state index is 12.6. The molecule has 2 saturated carbocycles. The van der Waals surface area contributed by atoms with Crippen LogP contribution in [0.2, 0.25) is 0 Å². The SMILES string of the molecule is C=C1CCC[C@]2(C)C[C@H]3OC(=O)[C@@H](C[NH2+]CCC[NH+](CCO)CCO)[C@H]3C[C@@H]12. The van der Waals surface area contributed by atoms with E-state index in [1.165, 1.54) is 23.3 Å². The number of hydrogen-bond acceptors (Lipinski definition) is 4. The average molecular weight is 397 g/mol. The van der Waals surface area contributed by atoms with Gasteiger partial charge in [-0.25, -0.2) is 0 Å². The summed E-state index contributed by atoms with van der Waals surface area (Å²) in [5.74, 6) is 0.922. The second-order valence-corrected chi connectivity index (χ2v) is 9.52. The van der Waals surface area contributed by atoms with Crippen molar-refractivity contribution in [3.05, 3.63) is 12.2 Å². The molecule has 2 aliphatic carbocycles. The quantitative estimate of drug-likeness (QED) is 0.220. The first-order valence-corrected chi connectivity index (χ1v) is 11.2. The number of quaternary nitrogens is 2. The van der Waals surface area contributed by atoms with Crippen LogP contribution < -0.4 is 10.2 Å². The van der Waals surface area contributed by atoms with Gasteiger partial charge in [-0.15, -0.1) is 0 Å². The van der Waals surface area contributed by atoms with Gasteiger partial charge in [0.1, 0.15) is 25.1 Å². The highest BCUT2D eigenvalue weighted by Gasteiger charge is 2.55. The molecule has 1 saturated heterocycles. The molecular weight excluding hydrogens is 356 g/mol. The summed E-state index contributed by atoms with van der Waals surface area (Å²) in [6, 6.07) is 0. The first kappa shape index (κ1) is 21.8. The van der Waals surface area contributed by atoms with Crippen molar-refractivity contribution in [3.8, 4) is 0 Å². The highest BCUT2D eigenvalue weighted by molar-refractivity contribution is 5.75. The largest absolute Gasteiger partial charge is 0.462 e. The topological polar surface area (TPSA) is 87.8 Å². The average Bonchev–Trinajstić information content (AvgIpc) is 2.94. The lowest BCUT2D eigenvalue weighted by molar-refractivity contribution is -0.902. The highest BCUT2D eigenvalue weighted by Crippen LogP contribution is 2.56. The minimum Gasteiger partial charge on any atom is -0.462 e. The summed E-state index contributed by atoms with van der Waals surface area (Å²) in [4.78, 5) is 13.8. The predicted octanol–water partition coefficient (Wildman–Crippen LogP) is -0.876. The van der Waals surface area contributed by atoms with E-state index in [1.807, 2.05) is 0 Å². The van der Waals surface area contributed by atoms with Crippen molar-refractivity contribution in [1.82, 2.24) is 0 Å². The Morgan fingerprint density at radius 2 is 2.04 bits per heavy atom. The Kier molecular flexibility index (Phi) is 7.54. The predicted molar refractivity (Wildman–Crippen MR) is 107 cm³/mol. The van der Waals surface area contributed by atoms with Crippen molar-refractivity contribution in [2.24, 2.45) is 23.2 Å². The van der Waals surface area contributed by atoms with Gasteiger partial charge in [0.2, 0.25) is 0 Å². The first-order valence-electron chi connectivity index (χ1n) is 11.2.